The lowest BCUT2D eigenvalue weighted by Gasteiger charge is -2.04. The number of methoxy groups -OCH3 is 1. The molecule has 0 aliphatic rings. The van der Waals surface area contributed by atoms with E-state index >= 15 is 0 Å². The number of carbonyl (C=O) groups is 1. The fraction of sp³-hybridized carbons (Fsp3) is 0.182. The zero-order chi connectivity index (χ0) is 13.7. The fourth-order valence-corrected chi connectivity index (χ4v) is 2.79. The number of amides is 1. The Labute approximate surface area is 118 Å². The van der Waals surface area contributed by atoms with Crippen LogP contribution in [0.25, 0.3) is 0 Å². The van der Waals surface area contributed by atoms with Gasteiger partial charge in [0.1, 0.15) is 5.75 Å². The van der Waals surface area contributed by atoms with Crippen molar-refractivity contribution in [2.45, 2.75) is 4.34 Å². The van der Waals surface area contributed by atoms with E-state index in [4.69, 9.17) is 10.5 Å². The Bertz CT molecular complexity index is 573. The Morgan fingerprint density at radius 1 is 1.53 bits per heavy atom. The predicted octanol–water partition coefficient (Wildman–Crippen LogP) is 1.87. The maximum atomic E-state index is 10.7. The van der Waals surface area contributed by atoms with Gasteiger partial charge in [0.25, 0.3) is 0 Å². The number of thioether (sulfide) groups is 1. The van der Waals surface area contributed by atoms with Crippen molar-refractivity contribution < 1.29 is 9.53 Å². The number of carbonyl (C=O) groups excluding carboxylic acids is 1. The summed E-state index contributed by atoms with van der Waals surface area (Å²) in [4.78, 5) is 10.7. The van der Waals surface area contributed by atoms with Gasteiger partial charge < -0.3 is 15.8 Å². The van der Waals surface area contributed by atoms with Crippen LogP contribution in [0.1, 0.15) is 0 Å². The van der Waals surface area contributed by atoms with Crippen LogP contribution in [0.5, 0.6) is 5.75 Å². The Morgan fingerprint density at radius 2 is 2.37 bits per heavy atom. The third-order valence-corrected chi connectivity index (χ3v) is 4.06. The van der Waals surface area contributed by atoms with Gasteiger partial charge in [-0.3, -0.25) is 4.79 Å². The van der Waals surface area contributed by atoms with Crippen molar-refractivity contribution >= 4 is 39.8 Å². The number of nitrogens with one attached hydrogen (secondary N) is 1. The first-order valence-electron chi connectivity index (χ1n) is 5.33. The average Bonchev–Trinajstić information content (AvgIpc) is 2.84. The summed E-state index contributed by atoms with van der Waals surface area (Å²) in [6, 6.07) is 7.50. The summed E-state index contributed by atoms with van der Waals surface area (Å²) in [6.07, 6.45) is 0. The zero-order valence-electron chi connectivity index (χ0n) is 10.1. The van der Waals surface area contributed by atoms with Crippen molar-refractivity contribution in [2.75, 3.05) is 18.2 Å². The second-order valence-electron chi connectivity index (χ2n) is 3.49. The molecule has 1 heterocycles. The SMILES string of the molecule is COc1cccc(Nc2nnc(SCC(N)=O)s2)c1. The molecule has 1 amide bonds. The van der Waals surface area contributed by atoms with E-state index in [1.807, 2.05) is 24.3 Å². The highest BCUT2D eigenvalue weighted by Crippen LogP contribution is 2.28. The molecule has 0 atom stereocenters. The van der Waals surface area contributed by atoms with Crippen molar-refractivity contribution in [3.63, 3.8) is 0 Å². The predicted molar refractivity (Wildman–Crippen MR) is 76.1 cm³/mol. The molecule has 100 valence electrons. The van der Waals surface area contributed by atoms with E-state index in [0.29, 0.717) is 9.47 Å². The maximum absolute atomic E-state index is 10.7. The Balaban J connectivity index is 2.00. The Kier molecular flexibility index (Phi) is 4.58. The molecule has 0 aliphatic carbocycles. The molecule has 0 aliphatic heterocycles. The van der Waals surface area contributed by atoms with Crippen LogP contribution in [0.3, 0.4) is 0 Å². The summed E-state index contributed by atoms with van der Waals surface area (Å²) < 4.78 is 5.83. The number of aromatic nitrogens is 2. The van der Waals surface area contributed by atoms with Crippen molar-refractivity contribution in [3.8, 4) is 5.75 Å². The van der Waals surface area contributed by atoms with Crippen LogP contribution in [0.2, 0.25) is 0 Å². The number of primary amides is 1. The largest absolute Gasteiger partial charge is 0.497 e. The molecule has 0 fully saturated rings. The van der Waals surface area contributed by atoms with Gasteiger partial charge >= 0.3 is 0 Å². The molecule has 8 heteroatoms. The second-order valence-corrected chi connectivity index (χ2v) is 5.69. The standard InChI is InChI=1S/C11H12N4O2S2/c1-17-8-4-2-3-7(5-8)13-10-14-15-11(19-10)18-6-9(12)16/h2-5H,6H2,1H3,(H2,12,16)(H,13,14). The third-order valence-electron chi connectivity index (χ3n) is 2.07. The van der Waals surface area contributed by atoms with Crippen LogP contribution in [-0.4, -0.2) is 29.0 Å². The highest BCUT2D eigenvalue weighted by Gasteiger charge is 2.06. The first-order chi connectivity index (χ1) is 9.17. The fourth-order valence-electron chi connectivity index (χ4n) is 1.28. The lowest BCUT2D eigenvalue weighted by atomic mass is 10.3. The van der Waals surface area contributed by atoms with E-state index < -0.39 is 0 Å². The van der Waals surface area contributed by atoms with Gasteiger partial charge in [-0.15, -0.1) is 10.2 Å². The number of benzene rings is 1. The lowest BCUT2D eigenvalue weighted by Crippen LogP contribution is -2.12. The maximum Gasteiger partial charge on any atom is 0.227 e. The molecule has 6 nitrogen and oxygen atoms in total. The number of hydrogen-bond acceptors (Lipinski definition) is 7. The number of anilines is 2. The van der Waals surface area contributed by atoms with Gasteiger partial charge in [0.15, 0.2) is 4.34 Å². The number of ether oxygens (including phenoxy) is 1. The molecule has 2 aromatic rings. The van der Waals surface area contributed by atoms with Gasteiger partial charge in [0.2, 0.25) is 11.0 Å². The van der Waals surface area contributed by atoms with Crippen molar-refractivity contribution in [3.05, 3.63) is 24.3 Å². The minimum absolute atomic E-state index is 0.202. The molecule has 0 spiro atoms. The molecule has 0 unspecified atom stereocenters. The first kappa shape index (κ1) is 13.6. The summed E-state index contributed by atoms with van der Waals surface area (Å²) in [7, 11) is 1.61. The van der Waals surface area contributed by atoms with Gasteiger partial charge in [0, 0.05) is 11.8 Å². The van der Waals surface area contributed by atoms with Crippen LogP contribution >= 0.6 is 23.1 Å². The van der Waals surface area contributed by atoms with Crippen LogP contribution in [0, 0.1) is 0 Å². The third kappa shape index (κ3) is 4.11. The van der Waals surface area contributed by atoms with Crippen molar-refractivity contribution in [1.82, 2.24) is 10.2 Å². The quantitative estimate of drug-likeness (QED) is 0.791. The Hall–Kier alpha value is -1.80. The van der Waals surface area contributed by atoms with E-state index in [1.165, 1.54) is 23.1 Å². The van der Waals surface area contributed by atoms with Crippen LogP contribution in [-0.2, 0) is 4.79 Å². The minimum atomic E-state index is -0.373. The number of rotatable bonds is 6. The summed E-state index contributed by atoms with van der Waals surface area (Å²) in [5.74, 6) is 0.591. The van der Waals surface area contributed by atoms with Crippen LogP contribution < -0.4 is 15.8 Å². The molecular formula is C11H12N4O2S2. The van der Waals surface area contributed by atoms with E-state index in [-0.39, 0.29) is 11.7 Å². The van der Waals surface area contributed by atoms with E-state index in [9.17, 15) is 4.79 Å². The number of hydrogen-bond donors (Lipinski definition) is 2. The number of nitrogens with two attached hydrogens (primary N) is 1. The highest BCUT2D eigenvalue weighted by molar-refractivity contribution is 8.01. The summed E-state index contributed by atoms with van der Waals surface area (Å²) in [5, 5.41) is 11.7. The van der Waals surface area contributed by atoms with Gasteiger partial charge in [-0.1, -0.05) is 29.2 Å². The number of nitrogens with zero attached hydrogens (tertiary/aromatic N) is 2. The summed E-state index contributed by atoms with van der Waals surface area (Å²) >= 11 is 2.64. The van der Waals surface area contributed by atoms with Crippen LogP contribution in [0.4, 0.5) is 10.8 Å². The van der Waals surface area contributed by atoms with E-state index in [0.717, 1.165) is 11.4 Å². The molecule has 19 heavy (non-hydrogen) atoms. The molecule has 2 rings (SSSR count). The van der Waals surface area contributed by atoms with Crippen molar-refractivity contribution in [1.29, 1.82) is 0 Å². The Morgan fingerprint density at radius 3 is 3.11 bits per heavy atom. The summed E-state index contributed by atoms with van der Waals surface area (Å²) in [6.45, 7) is 0. The molecule has 3 N–H and O–H groups in total. The molecule has 0 bridgehead atoms. The van der Waals surface area contributed by atoms with Gasteiger partial charge in [-0.2, -0.15) is 0 Å². The monoisotopic (exact) mass is 296 g/mol. The zero-order valence-corrected chi connectivity index (χ0v) is 11.8. The lowest BCUT2D eigenvalue weighted by molar-refractivity contribution is -0.115. The van der Waals surface area contributed by atoms with E-state index in [2.05, 4.69) is 15.5 Å². The molecular weight excluding hydrogens is 284 g/mol. The topological polar surface area (TPSA) is 90.1 Å². The molecule has 0 saturated carbocycles. The van der Waals surface area contributed by atoms with Gasteiger partial charge in [-0.05, 0) is 12.1 Å². The average molecular weight is 296 g/mol. The molecule has 1 aromatic heterocycles. The molecule has 0 radical (unpaired) electrons. The van der Waals surface area contributed by atoms with Crippen molar-refractivity contribution in [2.24, 2.45) is 5.73 Å². The second kappa shape index (κ2) is 6.39. The smallest absolute Gasteiger partial charge is 0.227 e. The molecule has 0 saturated heterocycles. The van der Waals surface area contributed by atoms with Gasteiger partial charge in [0.05, 0.1) is 12.9 Å². The first-order valence-corrected chi connectivity index (χ1v) is 7.13. The normalized spacial score (nSPS) is 10.2. The summed E-state index contributed by atoms with van der Waals surface area (Å²) in [5.41, 5.74) is 5.93. The van der Waals surface area contributed by atoms with Crippen LogP contribution in [0.15, 0.2) is 28.6 Å². The van der Waals surface area contributed by atoms with Gasteiger partial charge in [-0.25, -0.2) is 0 Å². The van der Waals surface area contributed by atoms with E-state index in [1.54, 1.807) is 7.11 Å². The highest BCUT2D eigenvalue weighted by atomic mass is 32.2. The molecule has 1 aromatic carbocycles. The minimum Gasteiger partial charge on any atom is -0.497 e.